The number of carbonyl (C=O) groups excluding carboxylic acids is 1. The van der Waals surface area contributed by atoms with Crippen LogP contribution in [-0.2, 0) is 14.8 Å². The highest BCUT2D eigenvalue weighted by molar-refractivity contribution is 7.89. The standard InChI is InChI=1S/C12H16FN3O4S/c1-20-12(17)15-5-7-16(8-6-15)21(18,19)10-4-2-3-9(13)11(10)14/h2-4H,5-8,14H2,1H3. The van der Waals surface area contributed by atoms with Gasteiger partial charge in [-0.3, -0.25) is 0 Å². The molecule has 21 heavy (non-hydrogen) atoms. The molecule has 9 heteroatoms. The number of para-hydroxylation sites is 1. The summed E-state index contributed by atoms with van der Waals surface area (Å²) in [5.74, 6) is -0.774. The lowest BCUT2D eigenvalue weighted by atomic mass is 10.3. The lowest BCUT2D eigenvalue weighted by Gasteiger charge is -2.33. The SMILES string of the molecule is COC(=O)N1CCN(S(=O)(=O)c2cccc(F)c2N)CC1. The first-order valence-electron chi connectivity index (χ1n) is 6.25. The Morgan fingerprint density at radius 1 is 1.29 bits per heavy atom. The minimum absolute atomic E-state index is 0.105. The van der Waals surface area contributed by atoms with Crippen LogP contribution in [0.15, 0.2) is 23.1 Å². The molecular formula is C12H16FN3O4S. The molecule has 1 aliphatic heterocycles. The van der Waals surface area contributed by atoms with Crippen molar-refractivity contribution >= 4 is 21.8 Å². The van der Waals surface area contributed by atoms with E-state index in [0.717, 1.165) is 6.07 Å². The predicted octanol–water partition coefficient (Wildman–Crippen LogP) is 0.481. The number of benzene rings is 1. The van der Waals surface area contributed by atoms with Crippen LogP contribution < -0.4 is 5.73 Å². The number of ether oxygens (including phenoxy) is 1. The molecule has 0 radical (unpaired) electrons. The maximum absolute atomic E-state index is 13.4. The molecule has 0 aromatic heterocycles. The van der Waals surface area contributed by atoms with Crippen LogP contribution in [0.5, 0.6) is 0 Å². The summed E-state index contributed by atoms with van der Waals surface area (Å²) < 4.78 is 44.1. The topological polar surface area (TPSA) is 92.9 Å². The van der Waals surface area contributed by atoms with Crippen molar-refractivity contribution in [3.05, 3.63) is 24.0 Å². The maximum atomic E-state index is 13.4. The number of nitrogen functional groups attached to an aromatic ring is 1. The molecule has 2 N–H and O–H groups in total. The summed E-state index contributed by atoms with van der Waals surface area (Å²) >= 11 is 0. The van der Waals surface area contributed by atoms with Crippen molar-refractivity contribution in [1.29, 1.82) is 0 Å². The third kappa shape index (κ3) is 2.93. The van der Waals surface area contributed by atoms with Crippen LogP contribution in [0.4, 0.5) is 14.9 Å². The van der Waals surface area contributed by atoms with E-state index < -0.39 is 27.6 Å². The number of rotatable bonds is 2. The Balaban J connectivity index is 2.19. The van der Waals surface area contributed by atoms with E-state index in [1.54, 1.807) is 0 Å². The minimum Gasteiger partial charge on any atom is -0.453 e. The fraction of sp³-hybridized carbons (Fsp3) is 0.417. The van der Waals surface area contributed by atoms with Crippen molar-refractivity contribution in [3.8, 4) is 0 Å². The monoisotopic (exact) mass is 317 g/mol. The lowest BCUT2D eigenvalue weighted by molar-refractivity contribution is 0.108. The zero-order chi connectivity index (χ0) is 15.6. The van der Waals surface area contributed by atoms with Gasteiger partial charge in [-0.2, -0.15) is 4.31 Å². The lowest BCUT2D eigenvalue weighted by Crippen LogP contribution is -2.50. The van der Waals surface area contributed by atoms with E-state index in [0.29, 0.717) is 0 Å². The molecule has 1 saturated heterocycles. The van der Waals surface area contributed by atoms with Crippen LogP contribution in [0.2, 0.25) is 0 Å². The molecule has 1 amide bonds. The molecule has 1 aromatic carbocycles. The van der Waals surface area contributed by atoms with Gasteiger partial charge >= 0.3 is 6.09 Å². The van der Waals surface area contributed by atoms with Gasteiger partial charge in [-0.15, -0.1) is 0 Å². The fourth-order valence-corrected chi connectivity index (χ4v) is 3.67. The van der Waals surface area contributed by atoms with E-state index in [1.807, 2.05) is 0 Å². The Bertz CT molecular complexity index is 642. The second kappa shape index (κ2) is 5.86. The van der Waals surface area contributed by atoms with Crippen molar-refractivity contribution in [2.24, 2.45) is 0 Å². The Labute approximate surface area is 122 Å². The summed E-state index contributed by atoms with van der Waals surface area (Å²) in [5.41, 5.74) is 5.11. The van der Waals surface area contributed by atoms with Crippen LogP contribution in [0.1, 0.15) is 0 Å². The molecule has 1 aliphatic rings. The van der Waals surface area contributed by atoms with Crippen LogP contribution >= 0.6 is 0 Å². The van der Waals surface area contributed by atoms with Crippen LogP contribution in [-0.4, -0.2) is 57.0 Å². The van der Waals surface area contributed by atoms with E-state index in [9.17, 15) is 17.6 Å². The average Bonchev–Trinajstić information content (AvgIpc) is 2.49. The largest absolute Gasteiger partial charge is 0.453 e. The molecule has 7 nitrogen and oxygen atoms in total. The Kier molecular flexibility index (Phi) is 4.33. The number of piperazine rings is 1. The first kappa shape index (κ1) is 15.5. The van der Waals surface area contributed by atoms with Gasteiger partial charge < -0.3 is 15.4 Å². The van der Waals surface area contributed by atoms with Crippen molar-refractivity contribution in [2.75, 3.05) is 39.0 Å². The molecule has 0 saturated carbocycles. The summed E-state index contributed by atoms with van der Waals surface area (Å²) in [6.45, 7) is 0.628. The van der Waals surface area contributed by atoms with Gasteiger partial charge in [0.15, 0.2) is 0 Å². The number of methoxy groups -OCH3 is 1. The molecule has 2 rings (SSSR count). The Hall–Kier alpha value is -1.87. The number of amides is 1. The maximum Gasteiger partial charge on any atom is 0.409 e. The second-order valence-corrected chi connectivity index (χ2v) is 6.42. The van der Waals surface area contributed by atoms with Gasteiger partial charge in [0.25, 0.3) is 0 Å². The Morgan fingerprint density at radius 3 is 2.48 bits per heavy atom. The number of halogens is 1. The van der Waals surface area contributed by atoms with E-state index >= 15 is 0 Å². The van der Waals surface area contributed by atoms with Gasteiger partial charge in [0.1, 0.15) is 10.7 Å². The first-order valence-corrected chi connectivity index (χ1v) is 7.69. The first-order chi connectivity index (χ1) is 9.87. The van der Waals surface area contributed by atoms with Gasteiger partial charge in [0.05, 0.1) is 12.8 Å². The fourth-order valence-electron chi connectivity index (χ4n) is 2.12. The molecular weight excluding hydrogens is 301 g/mol. The van der Waals surface area contributed by atoms with E-state index in [4.69, 9.17) is 5.73 Å². The zero-order valence-corrected chi connectivity index (χ0v) is 12.3. The number of nitrogens with two attached hydrogens (primary N) is 1. The molecule has 0 unspecified atom stereocenters. The molecule has 1 fully saturated rings. The van der Waals surface area contributed by atoms with Crippen LogP contribution in [0, 0.1) is 5.82 Å². The van der Waals surface area contributed by atoms with Crippen molar-refractivity contribution < 1.29 is 22.3 Å². The van der Waals surface area contributed by atoms with Gasteiger partial charge in [0, 0.05) is 26.2 Å². The van der Waals surface area contributed by atoms with Crippen molar-refractivity contribution in [2.45, 2.75) is 4.90 Å². The third-order valence-electron chi connectivity index (χ3n) is 3.30. The minimum atomic E-state index is -3.88. The number of carbonyl (C=O) groups is 1. The molecule has 116 valence electrons. The number of anilines is 1. The van der Waals surface area contributed by atoms with Gasteiger partial charge in [-0.05, 0) is 12.1 Å². The molecule has 0 atom stereocenters. The van der Waals surface area contributed by atoms with Gasteiger partial charge in [0.2, 0.25) is 10.0 Å². The molecule has 0 spiro atoms. The molecule has 1 heterocycles. The van der Waals surface area contributed by atoms with Crippen molar-refractivity contribution in [1.82, 2.24) is 9.21 Å². The van der Waals surface area contributed by atoms with Crippen LogP contribution in [0.3, 0.4) is 0 Å². The number of hydrogen-bond donors (Lipinski definition) is 1. The van der Waals surface area contributed by atoms with E-state index in [2.05, 4.69) is 4.74 Å². The molecule has 0 bridgehead atoms. The highest BCUT2D eigenvalue weighted by Gasteiger charge is 2.32. The third-order valence-corrected chi connectivity index (χ3v) is 5.26. The van der Waals surface area contributed by atoms with E-state index in [1.165, 1.54) is 28.4 Å². The normalized spacial score (nSPS) is 16.8. The summed E-state index contributed by atoms with van der Waals surface area (Å²) in [4.78, 5) is 12.5. The van der Waals surface area contributed by atoms with E-state index in [-0.39, 0.29) is 31.1 Å². The summed E-state index contributed by atoms with van der Waals surface area (Å²) in [5, 5.41) is 0. The second-order valence-electron chi connectivity index (χ2n) is 4.51. The van der Waals surface area contributed by atoms with Gasteiger partial charge in [-0.25, -0.2) is 17.6 Å². The highest BCUT2D eigenvalue weighted by Crippen LogP contribution is 2.25. The average molecular weight is 317 g/mol. The zero-order valence-electron chi connectivity index (χ0n) is 11.5. The highest BCUT2D eigenvalue weighted by atomic mass is 32.2. The molecule has 0 aliphatic carbocycles. The molecule has 1 aromatic rings. The summed E-state index contributed by atoms with van der Waals surface area (Å²) in [6, 6.07) is 3.66. The predicted molar refractivity (Wildman–Crippen MR) is 73.5 cm³/mol. The quantitative estimate of drug-likeness (QED) is 0.801. The number of nitrogens with zero attached hydrogens (tertiary/aromatic N) is 2. The van der Waals surface area contributed by atoms with Crippen molar-refractivity contribution in [3.63, 3.8) is 0 Å². The summed E-state index contributed by atoms with van der Waals surface area (Å²) in [6.07, 6.45) is -0.502. The van der Waals surface area contributed by atoms with Gasteiger partial charge in [-0.1, -0.05) is 6.07 Å². The summed E-state index contributed by atoms with van der Waals surface area (Å²) in [7, 11) is -2.62. The van der Waals surface area contributed by atoms with Crippen LogP contribution in [0.25, 0.3) is 0 Å². The smallest absolute Gasteiger partial charge is 0.409 e. The Morgan fingerprint density at radius 2 is 1.90 bits per heavy atom. The number of hydrogen-bond acceptors (Lipinski definition) is 5. The number of sulfonamides is 1.